The van der Waals surface area contributed by atoms with Crippen molar-refractivity contribution in [2.75, 3.05) is 12.0 Å². The van der Waals surface area contributed by atoms with Crippen LogP contribution < -0.4 is 0 Å². The van der Waals surface area contributed by atoms with Crippen LogP contribution in [0.15, 0.2) is 9.93 Å². The Hall–Kier alpha value is -0.710. The normalized spacial score (nSPS) is 25.3. The highest BCUT2D eigenvalue weighted by molar-refractivity contribution is 8.22. The molecule has 7 nitrogen and oxygen atoms in total. The number of amides is 1. The van der Waals surface area contributed by atoms with Gasteiger partial charge in [-0.3, -0.25) is 13.9 Å². The fourth-order valence-corrected chi connectivity index (χ4v) is 6.39. The first-order chi connectivity index (χ1) is 9.99. The zero-order chi connectivity index (χ0) is 16.9. The number of rotatable bonds is 6. The summed E-state index contributed by atoms with van der Waals surface area (Å²) in [7, 11) is -3.72. The molecule has 0 spiro atoms. The molecule has 0 aliphatic carbocycles. The molecule has 1 amide bonds. The van der Waals surface area contributed by atoms with Crippen LogP contribution in [0.4, 0.5) is 0 Å². The quantitative estimate of drug-likeness (QED) is 0.553. The van der Waals surface area contributed by atoms with Crippen LogP contribution in [0.25, 0.3) is 0 Å². The summed E-state index contributed by atoms with van der Waals surface area (Å²) >= 11 is 2.64. The summed E-state index contributed by atoms with van der Waals surface area (Å²) in [6.07, 6.45) is 0.927. The molecule has 0 aromatic rings. The molecule has 124 valence electrons. The van der Waals surface area contributed by atoms with Crippen molar-refractivity contribution < 1.29 is 27.3 Å². The molecule has 0 aromatic heterocycles. The van der Waals surface area contributed by atoms with E-state index in [-0.39, 0.29) is 5.70 Å². The molecule has 0 radical (unpaired) electrons. The monoisotopic (exact) mass is 367 g/mol. The highest BCUT2D eigenvalue weighted by Gasteiger charge is 2.62. The van der Waals surface area contributed by atoms with Gasteiger partial charge in [0.15, 0.2) is 5.70 Å². The molecular weight excluding hydrogens is 350 g/mol. The molecule has 2 rings (SSSR count). The third-order valence-electron chi connectivity index (χ3n) is 3.30. The molecule has 1 fully saturated rings. The number of aliphatic carboxylic acids is 1. The molecular formula is C12H17NO6S3. The van der Waals surface area contributed by atoms with E-state index in [0.717, 1.165) is 6.26 Å². The Labute approximate surface area is 137 Å². The van der Waals surface area contributed by atoms with Gasteiger partial charge in [0, 0.05) is 0 Å². The molecule has 10 heteroatoms. The minimum Gasteiger partial charge on any atom is -0.477 e. The van der Waals surface area contributed by atoms with E-state index in [9.17, 15) is 23.1 Å². The van der Waals surface area contributed by atoms with Gasteiger partial charge in [-0.15, -0.1) is 11.8 Å². The van der Waals surface area contributed by atoms with Crippen molar-refractivity contribution in [1.29, 1.82) is 0 Å². The number of thioether (sulfide) groups is 2. The van der Waals surface area contributed by atoms with Crippen molar-refractivity contribution in [3.63, 3.8) is 0 Å². The van der Waals surface area contributed by atoms with E-state index >= 15 is 0 Å². The fourth-order valence-electron chi connectivity index (χ4n) is 2.59. The number of hydrogen-bond donors (Lipinski definition) is 1. The molecule has 0 saturated carbocycles. The Bertz CT molecular complexity index is 654. The zero-order valence-electron chi connectivity index (χ0n) is 12.5. The minimum atomic E-state index is -3.72. The van der Waals surface area contributed by atoms with Crippen molar-refractivity contribution in [3.05, 3.63) is 9.93 Å². The van der Waals surface area contributed by atoms with Gasteiger partial charge in [-0.2, -0.15) is 8.42 Å². The summed E-state index contributed by atoms with van der Waals surface area (Å²) in [5.41, 5.74) is -1.24. The number of nitrogens with zero attached hydrogens (tertiary/aromatic N) is 1. The first-order valence-electron chi connectivity index (χ1n) is 6.50. The van der Waals surface area contributed by atoms with Gasteiger partial charge in [-0.05, 0) is 19.6 Å². The molecule has 1 saturated heterocycles. The number of carboxylic acid groups (broad SMARTS) is 1. The SMILES string of the molecule is CCSC1=C(C(=O)O)N2C(=O)C(C(C)(C)OS(C)(=O)=O)[C@@H]2S1. The van der Waals surface area contributed by atoms with Crippen LogP contribution in [0, 0.1) is 5.92 Å². The number of carbonyl (C=O) groups excluding carboxylic acids is 1. The highest BCUT2D eigenvalue weighted by Crippen LogP contribution is 2.55. The second kappa shape index (κ2) is 5.73. The average molecular weight is 367 g/mol. The second-order valence-corrected chi connectivity index (χ2v) is 9.69. The topological polar surface area (TPSA) is 101 Å². The van der Waals surface area contributed by atoms with E-state index in [1.54, 1.807) is 0 Å². The molecule has 0 bridgehead atoms. The van der Waals surface area contributed by atoms with Gasteiger partial charge < -0.3 is 5.11 Å². The molecule has 22 heavy (non-hydrogen) atoms. The number of carbonyl (C=O) groups is 2. The van der Waals surface area contributed by atoms with Crippen LogP contribution in [0.1, 0.15) is 20.8 Å². The van der Waals surface area contributed by atoms with Crippen molar-refractivity contribution in [2.24, 2.45) is 5.92 Å². The smallest absolute Gasteiger partial charge is 0.354 e. The third kappa shape index (κ3) is 3.01. The molecule has 1 unspecified atom stereocenters. The number of β-lactam (4-membered cyclic amide) rings is 1. The number of hydrogen-bond acceptors (Lipinski definition) is 7. The predicted molar refractivity (Wildman–Crippen MR) is 84.5 cm³/mol. The largest absolute Gasteiger partial charge is 0.477 e. The zero-order valence-corrected chi connectivity index (χ0v) is 15.0. The molecule has 1 N–H and O–H groups in total. The van der Waals surface area contributed by atoms with E-state index in [1.807, 2.05) is 6.92 Å². The Morgan fingerprint density at radius 1 is 1.50 bits per heavy atom. The second-order valence-electron chi connectivity index (χ2n) is 5.46. The molecule has 2 atom stereocenters. The minimum absolute atomic E-state index is 0.0155. The summed E-state index contributed by atoms with van der Waals surface area (Å²) in [6, 6.07) is 0. The van der Waals surface area contributed by atoms with Gasteiger partial charge in [-0.1, -0.05) is 18.7 Å². The maximum atomic E-state index is 12.4. The molecule has 0 aromatic carbocycles. The van der Waals surface area contributed by atoms with Gasteiger partial charge in [0.2, 0.25) is 5.91 Å². The maximum absolute atomic E-state index is 12.4. The maximum Gasteiger partial charge on any atom is 0.354 e. The van der Waals surface area contributed by atoms with Gasteiger partial charge >= 0.3 is 5.97 Å². The van der Waals surface area contributed by atoms with Crippen molar-refractivity contribution >= 4 is 45.5 Å². The number of carboxylic acids is 1. The van der Waals surface area contributed by atoms with E-state index in [4.69, 9.17) is 4.18 Å². The van der Waals surface area contributed by atoms with Crippen molar-refractivity contribution in [3.8, 4) is 0 Å². The highest BCUT2D eigenvalue weighted by atomic mass is 32.2. The average Bonchev–Trinajstić information content (AvgIpc) is 2.60. The van der Waals surface area contributed by atoms with Crippen LogP contribution in [-0.2, 0) is 23.9 Å². The van der Waals surface area contributed by atoms with Crippen LogP contribution >= 0.6 is 23.5 Å². The summed E-state index contributed by atoms with van der Waals surface area (Å²) in [5, 5.41) is 8.88. The molecule has 2 heterocycles. The standard InChI is InChI=1S/C12H17NO6S3/c1-5-20-11-7(10(15)16)13-8(14)6(9(13)21-11)12(2,3)19-22(4,17)18/h6,9H,5H2,1-4H3,(H,15,16)/t6?,9-/m0/s1. The van der Waals surface area contributed by atoms with E-state index in [2.05, 4.69) is 0 Å². The number of fused-ring (bicyclic) bond motifs is 1. The van der Waals surface area contributed by atoms with Crippen molar-refractivity contribution in [2.45, 2.75) is 31.7 Å². The predicted octanol–water partition coefficient (Wildman–Crippen LogP) is 1.28. The lowest BCUT2D eigenvalue weighted by Gasteiger charge is -2.48. The summed E-state index contributed by atoms with van der Waals surface area (Å²) in [4.78, 5) is 25.0. The third-order valence-corrected chi connectivity index (χ3v) is 6.55. The van der Waals surface area contributed by atoms with Crippen LogP contribution in [0.5, 0.6) is 0 Å². The summed E-state index contributed by atoms with van der Waals surface area (Å²) < 4.78 is 28.3. The van der Waals surface area contributed by atoms with Crippen LogP contribution in [0.2, 0.25) is 0 Å². The molecule has 2 aliphatic heterocycles. The van der Waals surface area contributed by atoms with E-state index in [1.165, 1.54) is 42.3 Å². The lowest BCUT2D eigenvalue weighted by Crippen LogP contribution is -2.65. The first-order valence-corrected chi connectivity index (χ1v) is 10.2. The van der Waals surface area contributed by atoms with Crippen LogP contribution in [-0.4, -0.2) is 53.3 Å². The van der Waals surface area contributed by atoms with E-state index < -0.39 is 38.9 Å². The van der Waals surface area contributed by atoms with Gasteiger partial charge in [-0.25, -0.2) is 4.79 Å². The van der Waals surface area contributed by atoms with Gasteiger partial charge in [0.1, 0.15) is 5.37 Å². The Morgan fingerprint density at radius 2 is 2.09 bits per heavy atom. The van der Waals surface area contributed by atoms with E-state index in [0.29, 0.717) is 9.99 Å². The first kappa shape index (κ1) is 17.6. The lowest BCUT2D eigenvalue weighted by atomic mass is 9.83. The van der Waals surface area contributed by atoms with Gasteiger partial charge in [0.25, 0.3) is 10.1 Å². The van der Waals surface area contributed by atoms with Crippen molar-refractivity contribution in [1.82, 2.24) is 4.90 Å². The van der Waals surface area contributed by atoms with Gasteiger partial charge in [0.05, 0.1) is 22.0 Å². The Kier molecular flexibility index (Phi) is 4.60. The summed E-state index contributed by atoms with van der Waals surface area (Å²) in [6.45, 7) is 4.95. The van der Waals surface area contributed by atoms with Crippen LogP contribution in [0.3, 0.4) is 0 Å². The Balaban J connectivity index is 2.28. The Morgan fingerprint density at radius 3 is 2.55 bits per heavy atom. The lowest BCUT2D eigenvalue weighted by molar-refractivity contribution is -0.161. The molecule has 2 aliphatic rings. The fraction of sp³-hybridized carbons (Fsp3) is 0.667. The summed E-state index contributed by atoms with van der Waals surface area (Å²) in [5.74, 6) is -1.60.